The molecular formula is C21H21FN4O. The van der Waals surface area contributed by atoms with Crippen LogP contribution in [0.3, 0.4) is 0 Å². The van der Waals surface area contributed by atoms with Gasteiger partial charge >= 0.3 is 6.03 Å². The van der Waals surface area contributed by atoms with E-state index in [1.807, 2.05) is 48.2 Å². The van der Waals surface area contributed by atoms with Gasteiger partial charge in [-0.05, 0) is 31.2 Å². The van der Waals surface area contributed by atoms with Crippen molar-refractivity contribution in [3.63, 3.8) is 0 Å². The number of hydrogen-bond acceptors (Lipinski definition) is 3. The number of para-hydroxylation sites is 2. The maximum Gasteiger partial charge on any atom is 0.322 e. The SMILES string of the molecule is Cc1nc2ccccc2cc1NC(=O)N1CCN(c2ccccc2F)CC1. The summed E-state index contributed by atoms with van der Waals surface area (Å²) >= 11 is 0. The lowest BCUT2D eigenvalue weighted by atomic mass is 10.2. The Morgan fingerprint density at radius 3 is 2.52 bits per heavy atom. The zero-order chi connectivity index (χ0) is 18.8. The van der Waals surface area contributed by atoms with Gasteiger partial charge in [-0.2, -0.15) is 0 Å². The Morgan fingerprint density at radius 1 is 1.04 bits per heavy atom. The highest BCUT2D eigenvalue weighted by atomic mass is 19.1. The second-order valence-electron chi connectivity index (χ2n) is 6.67. The number of fused-ring (bicyclic) bond motifs is 1. The normalized spacial score (nSPS) is 14.4. The van der Waals surface area contributed by atoms with Crippen molar-refractivity contribution in [3.8, 4) is 0 Å². The van der Waals surface area contributed by atoms with Gasteiger partial charge < -0.3 is 15.1 Å². The number of amides is 2. The average Bonchev–Trinajstić information content (AvgIpc) is 2.69. The number of piperazine rings is 1. The van der Waals surface area contributed by atoms with Crippen molar-refractivity contribution in [2.75, 3.05) is 36.4 Å². The molecule has 5 nitrogen and oxygen atoms in total. The number of benzene rings is 2. The number of anilines is 2. The van der Waals surface area contributed by atoms with Crippen LogP contribution in [0.4, 0.5) is 20.6 Å². The highest BCUT2D eigenvalue weighted by Crippen LogP contribution is 2.22. The Labute approximate surface area is 157 Å². The van der Waals surface area contributed by atoms with Gasteiger partial charge in [0, 0.05) is 31.6 Å². The number of nitrogens with one attached hydrogen (secondary N) is 1. The molecule has 0 unspecified atom stereocenters. The molecule has 4 rings (SSSR count). The number of aryl methyl sites for hydroxylation is 1. The van der Waals surface area contributed by atoms with Gasteiger partial charge in [0.25, 0.3) is 0 Å². The van der Waals surface area contributed by atoms with Gasteiger partial charge in [0.1, 0.15) is 5.82 Å². The van der Waals surface area contributed by atoms with Crippen LogP contribution < -0.4 is 10.2 Å². The largest absolute Gasteiger partial charge is 0.366 e. The first kappa shape index (κ1) is 17.3. The maximum absolute atomic E-state index is 13.9. The minimum atomic E-state index is -0.228. The fourth-order valence-electron chi connectivity index (χ4n) is 3.39. The van der Waals surface area contributed by atoms with Crippen LogP contribution in [0, 0.1) is 12.7 Å². The Bertz CT molecular complexity index is 983. The van der Waals surface area contributed by atoms with Gasteiger partial charge in [0.2, 0.25) is 0 Å². The molecule has 1 N–H and O–H groups in total. The first-order chi connectivity index (χ1) is 13.1. The van der Waals surface area contributed by atoms with E-state index in [9.17, 15) is 9.18 Å². The number of carbonyl (C=O) groups is 1. The molecule has 1 aliphatic heterocycles. The molecular weight excluding hydrogens is 343 g/mol. The fraction of sp³-hybridized carbons (Fsp3) is 0.238. The molecule has 2 amide bonds. The van der Waals surface area contributed by atoms with Gasteiger partial charge in [-0.15, -0.1) is 0 Å². The van der Waals surface area contributed by atoms with Gasteiger partial charge in [-0.1, -0.05) is 30.3 Å². The van der Waals surface area contributed by atoms with E-state index in [2.05, 4.69) is 10.3 Å². The summed E-state index contributed by atoms with van der Waals surface area (Å²) in [6, 6.07) is 16.4. The molecule has 1 aliphatic rings. The van der Waals surface area contributed by atoms with Crippen molar-refractivity contribution >= 4 is 28.3 Å². The molecule has 6 heteroatoms. The Hall–Kier alpha value is -3.15. The third-order valence-corrected chi connectivity index (χ3v) is 4.92. The molecule has 3 aromatic rings. The summed E-state index contributed by atoms with van der Waals surface area (Å²) < 4.78 is 13.9. The van der Waals surface area contributed by atoms with Crippen LogP contribution in [-0.4, -0.2) is 42.1 Å². The van der Waals surface area contributed by atoms with E-state index in [4.69, 9.17) is 0 Å². The van der Waals surface area contributed by atoms with Crippen LogP contribution in [-0.2, 0) is 0 Å². The summed E-state index contributed by atoms with van der Waals surface area (Å²) in [7, 11) is 0. The Kier molecular flexibility index (Phi) is 4.62. The topological polar surface area (TPSA) is 48.5 Å². The molecule has 1 saturated heterocycles. The number of pyridine rings is 1. The average molecular weight is 364 g/mol. The quantitative estimate of drug-likeness (QED) is 0.747. The molecule has 0 aliphatic carbocycles. The number of nitrogens with zero attached hydrogens (tertiary/aromatic N) is 3. The van der Waals surface area contributed by atoms with Crippen LogP contribution in [0.5, 0.6) is 0 Å². The number of carbonyl (C=O) groups excluding carboxylic acids is 1. The lowest BCUT2D eigenvalue weighted by Gasteiger charge is -2.36. The standard InChI is InChI=1S/C21H21FN4O/c1-15-19(14-16-6-2-4-8-18(16)23-15)24-21(27)26-12-10-25(11-13-26)20-9-5-3-7-17(20)22/h2-9,14H,10-13H2,1H3,(H,24,27). The van der Waals surface area contributed by atoms with Gasteiger partial charge in [-0.3, -0.25) is 4.98 Å². The maximum atomic E-state index is 13.9. The summed E-state index contributed by atoms with van der Waals surface area (Å²) in [5.41, 5.74) is 3.00. The van der Waals surface area contributed by atoms with E-state index >= 15 is 0 Å². The van der Waals surface area contributed by atoms with Crippen LogP contribution in [0.1, 0.15) is 5.69 Å². The van der Waals surface area contributed by atoms with E-state index in [0.717, 1.165) is 22.3 Å². The van der Waals surface area contributed by atoms with E-state index in [1.165, 1.54) is 6.07 Å². The molecule has 1 aromatic heterocycles. The van der Waals surface area contributed by atoms with Crippen molar-refractivity contribution in [2.24, 2.45) is 0 Å². The Balaban J connectivity index is 1.43. The summed E-state index contributed by atoms with van der Waals surface area (Å²) in [5.74, 6) is -0.228. The first-order valence-electron chi connectivity index (χ1n) is 9.03. The second kappa shape index (κ2) is 7.23. The number of rotatable bonds is 2. The zero-order valence-corrected chi connectivity index (χ0v) is 15.2. The third kappa shape index (κ3) is 3.56. The molecule has 0 saturated carbocycles. The van der Waals surface area contributed by atoms with Gasteiger partial charge in [0.05, 0.1) is 22.6 Å². The molecule has 0 bridgehead atoms. The summed E-state index contributed by atoms with van der Waals surface area (Å²) in [4.78, 5) is 20.9. The van der Waals surface area contributed by atoms with E-state index < -0.39 is 0 Å². The van der Waals surface area contributed by atoms with Crippen molar-refractivity contribution in [2.45, 2.75) is 6.92 Å². The Morgan fingerprint density at radius 2 is 1.74 bits per heavy atom. The second-order valence-corrected chi connectivity index (χ2v) is 6.67. The van der Waals surface area contributed by atoms with E-state index in [-0.39, 0.29) is 11.8 Å². The minimum absolute atomic E-state index is 0.150. The molecule has 0 atom stereocenters. The van der Waals surface area contributed by atoms with Crippen LogP contribution in [0.15, 0.2) is 54.6 Å². The molecule has 0 spiro atoms. The summed E-state index contributed by atoms with van der Waals surface area (Å²) in [5, 5.41) is 3.96. The molecule has 27 heavy (non-hydrogen) atoms. The monoisotopic (exact) mass is 364 g/mol. The number of urea groups is 1. The first-order valence-corrected chi connectivity index (χ1v) is 9.03. The molecule has 2 heterocycles. The van der Waals surface area contributed by atoms with Crippen LogP contribution in [0.2, 0.25) is 0 Å². The van der Waals surface area contributed by atoms with Crippen molar-refractivity contribution in [3.05, 3.63) is 66.1 Å². The minimum Gasteiger partial charge on any atom is -0.366 e. The number of halogens is 1. The highest BCUT2D eigenvalue weighted by Gasteiger charge is 2.23. The fourth-order valence-corrected chi connectivity index (χ4v) is 3.39. The predicted molar refractivity (Wildman–Crippen MR) is 106 cm³/mol. The molecule has 138 valence electrons. The third-order valence-electron chi connectivity index (χ3n) is 4.92. The van der Waals surface area contributed by atoms with Gasteiger partial charge in [0.15, 0.2) is 0 Å². The van der Waals surface area contributed by atoms with Crippen molar-refractivity contribution < 1.29 is 9.18 Å². The van der Waals surface area contributed by atoms with Crippen LogP contribution in [0.25, 0.3) is 10.9 Å². The molecule has 2 aromatic carbocycles. The van der Waals surface area contributed by atoms with Crippen molar-refractivity contribution in [1.82, 2.24) is 9.88 Å². The number of aromatic nitrogens is 1. The highest BCUT2D eigenvalue weighted by molar-refractivity contribution is 5.93. The van der Waals surface area contributed by atoms with E-state index in [0.29, 0.717) is 31.9 Å². The summed E-state index contributed by atoms with van der Waals surface area (Å²) in [6.07, 6.45) is 0. The van der Waals surface area contributed by atoms with Crippen LogP contribution >= 0.6 is 0 Å². The number of hydrogen-bond donors (Lipinski definition) is 1. The lowest BCUT2D eigenvalue weighted by Crippen LogP contribution is -2.50. The molecule has 1 fully saturated rings. The summed E-state index contributed by atoms with van der Waals surface area (Å²) in [6.45, 7) is 4.17. The lowest BCUT2D eigenvalue weighted by molar-refractivity contribution is 0.208. The predicted octanol–water partition coefficient (Wildman–Crippen LogP) is 4.04. The molecule has 0 radical (unpaired) electrons. The van der Waals surface area contributed by atoms with Crippen molar-refractivity contribution in [1.29, 1.82) is 0 Å². The van der Waals surface area contributed by atoms with Gasteiger partial charge in [-0.25, -0.2) is 9.18 Å². The smallest absolute Gasteiger partial charge is 0.322 e. The zero-order valence-electron chi connectivity index (χ0n) is 15.2. The van der Waals surface area contributed by atoms with E-state index in [1.54, 1.807) is 17.0 Å².